The van der Waals surface area contributed by atoms with Gasteiger partial charge in [-0.1, -0.05) is 55.5 Å². The lowest BCUT2D eigenvalue weighted by Crippen LogP contribution is -1.87. The summed E-state index contributed by atoms with van der Waals surface area (Å²) < 4.78 is 0. The third kappa shape index (κ3) is 2.76. The van der Waals surface area contributed by atoms with E-state index in [4.69, 9.17) is 0 Å². The molecule has 0 aliphatic rings. The van der Waals surface area contributed by atoms with Crippen molar-refractivity contribution in [3.8, 4) is 5.75 Å². The minimum atomic E-state index is 0.306. The largest absolute Gasteiger partial charge is 0.508 e. The van der Waals surface area contributed by atoms with E-state index in [1.54, 1.807) is 12.1 Å². The summed E-state index contributed by atoms with van der Waals surface area (Å²) in [5, 5.41) is 9.55. The Hall–Kier alpha value is -2.02. The summed E-state index contributed by atoms with van der Waals surface area (Å²) in [5.74, 6) is 0.306. The number of benzene rings is 2. The molecule has 2 aromatic rings. The topological polar surface area (TPSA) is 20.2 Å². The first-order valence-corrected chi connectivity index (χ1v) is 5.86. The van der Waals surface area contributed by atoms with Gasteiger partial charge in [0.25, 0.3) is 0 Å². The Balaban J connectivity index is 2.47. The van der Waals surface area contributed by atoms with Crippen molar-refractivity contribution < 1.29 is 5.11 Å². The minimum absolute atomic E-state index is 0.306. The van der Waals surface area contributed by atoms with Gasteiger partial charge < -0.3 is 5.11 Å². The van der Waals surface area contributed by atoms with Gasteiger partial charge in [0.05, 0.1) is 0 Å². The van der Waals surface area contributed by atoms with Crippen molar-refractivity contribution in [2.24, 2.45) is 0 Å². The summed E-state index contributed by atoms with van der Waals surface area (Å²) in [7, 11) is 0. The maximum atomic E-state index is 9.55. The summed E-state index contributed by atoms with van der Waals surface area (Å²) in [4.78, 5) is 0. The monoisotopic (exact) mass is 224 g/mol. The van der Waals surface area contributed by atoms with Gasteiger partial charge in [-0.15, -0.1) is 0 Å². The second-order valence-corrected chi connectivity index (χ2v) is 3.94. The molecule has 0 saturated heterocycles. The van der Waals surface area contributed by atoms with E-state index in [1.165, 1.54) is 11.1 Å². The normalized spacial score (nSPS) is 11.5. The number of rotatable bonds is 3. The second kappa shape index (κ2) is 5.35. The summed E-state index contributed by atoms with van der Waals surface area (Å²) in [5.41, 5.74) is 3.40. The van der Waals surface area contributed by atoms with Crippen LogP contribution in [0, 0.1) is 0 Å². The number of phenols is 1. The number of phenolic OH excluding ortho intramolecular Hbond substituents is 1. The van der Waals surface area contributed by atoms with Crippen LogP contribution in [0.25, 0.3) is 5.57 Å². The first-order valence-electron chi connectivity index (χ1n) is 5.86. The highest BCUT2D eigenvalue weighted by atomic mass is 16.3. The van der Waals surface area contributed by atoms with Crippen LogP contribution in [0.3, 0.4) is 0 Å². The maximum Gasteiger partial charge on any atom is 0.116 e. The zero-order valence-electron chi connectivity index (χ0n) is 9.93. The maximum absolute atomic E-state index is 9.55. The number of allylic oxidation sites excluding steroid dienone is 1. The fraction of sp³-hybridized carbons (Fsp3) is 0.125. The Bertz CT molecular complexity index is 512. The fourth-order valence-electron chi connectivity index (χ4n) is 1.90. The molecule has 0 aliphatic carbocycles. The van der Waals surface area contributed by atoms with Gasteiger partial charge in [0, 0.05) is 0 Å². The molecule has 0 aliphatic heterocycles. The van der Waals surface area contributed by atoms with E-state index < -0.39 is 0 Å². The molecule has 2 rings (SSSR count). The third-order valence-corrected chi connectivity index (χ3v) is 2.65. The molecule has 0 radical (unpaired) electrons. The van der Waals surface area contributed by atoms with E-state index in [2.05, 4.69) is 25.1 Å². The summed E-state index contributed by atoms with van der Waals surface area (Å²) in [6.07, 6.45) is 3.16. The van der Waals surface area contributed by atoms with E-state index in [9.17, 15) is 5.11 Å². The van der Waals surface area contributed by atoms with Crippen LogP contribution < -0.4 is 0 Å². The molecule has 0 bridgehead atoms. The molecule has 0 amide bonds. The van der Waals surface area contributed by atoms with Crippen molar-refractivity contribution in [2.75, 3.05) is 0 Å². The molecule has 0 atom stereocenters. The average Bonchev–Trinajstić information content (AvgIpc) is 2.37. The molecule has 0 aromatic heterocycles. The quantitative estimate of drug-likeness (QED) is 0.827. The van der Waals surface area contributed by atoms with Crippen molar-refractivity contribution in [3.05, 3.63) is 71.8 Å². The van der Waals surface area contributed by atoms with Crippen molar-refractivity contribution >= 4 is 5.57 Å². The number of aromatic hydroxyl groups is 1. The Morgan fingerprint density at radius 2 is 1.71 bits per heavy atom. The van der Waals surface area contributed by atoms with Crippen LogP contribution >= 0.6 is 0 Å². The smallest absolute Gasteiger partial charge is 0.116 e. The van der Waals surface area contributed by atoms with Crippen molar-refractivity contribution in [3.63, 3.8) is 0 Å². The van der Waals surface area contributed by atoms with Gasteiger partial charge in [0.2, 0.25) is 0 Å². The highest BCUT2D eigenvalue weighted by Gasteiger charge is 2.04. The standard InChI is InChI=1S/C16H16O/c1-2-7-16(13-8-4-3-5-9-13)14-10-6-11-15(17)12-14/h3-12,17H,2H2,1H3/b16-7+. The van der Waals surface area contributed by atoms with Crippen LogP contribution in [-0.4, -0.2) is 5.11 Å². The van der Waals surface area contributed by atoms with E-state index >= 15 is 0 Å². The molecular formula is C16H16O. The Kier molecular flexibility index (Phi) is 3.61. The predicted molar refractivity (Wildman–Crippen MR) is 71.9 cm³/mol. The molecule has 17 heavy (non-hydrogen) atoms. The molecule has 0 spiro atoms. The molecule has 0 heterocycles. The molecule has 2 aromatic carbocycles. The van der Waals surface area contributed by atoms with Crippen molar-refractivity contribution in [1.82, 2.24) is 0 Å². The third-order valence-electron chi connectivity index (χ3n) is 2.65. The van der Waals surface area contributed by atoms with Gasteiger partial charge in [-0.2, -0.15) is 0 Å². The zero-order valence-corrected chi connectivity index (χ0v) is 9.93. The predicted octanol–water partition coefficient (Wildman–Crippen LogP) is 4.23. The Labute approximate surface area is 102 Å². The number of hydrogen-bond acceptors (Lipinski definition) is 1. The molecular weight excluding hydrogens is 208 g/mol. The molecule has 86 valence electrons. The molecule has 1 nitrogen and oxygen atoms in total. The first-order chi connectivity index (χ1) is 8.31. The van der Waals surface area contributed by atoms with Crippen LogP contribution in [0.1, 0.15) is 24.5 Å². The molecule has 0 fully saturated rings. The van der Waals surface area contributed by atoms with E-state index in [-0.39, 0.29) is 0 Å². The second-order valence-electron chi connectivity index (χ2n) is 3.94. The minimum Gasteiger partial charge on any atom is -0.508 e. The highest BCUT2D eigenvalue weighted by Crippen LogP contribution is 2.26. The lowest BCUT2D eigenvalue weighted by atomic mass is 9.97. The van der Waals surface area contributed by atoms with Gasteiger partial charge >= 0.3 is 0 Å². The number of hydrogen-bond donors (Lipinski definition) is 1. The van der Waals surface area contributed by atoms with Gasteiger partial charge in [-0.25, -0.2) is 0 Å². The van der Waals surface area contributed by atoms with Crippen molar-refractivity contribution in [1.29, 1.82) is 0 Å². The van der Waals surface area contributed by atoms with E-state index in [0.717, 1.165) is 12.0 Å². The van der Waals surface area contributed by atoms with Crippen LogP contribution in [0.15, 0.2) is 60.7 Å². The van der Waals surface area contributed by atoms with E-state index in [1.807, 2.05) is 30.3 Å². The van der Waals surface area contributed by atoms with Gasteiger partial charge in [-0.05, 0) is 35.3 Å². The van der Waals surface area contributed by atoms with Gasteiger partial charge in [0.1, 0.15) is 5.75 Å². The van der Waals surface area contributed by atoms with Crippen LogP contribution in [0.2, 0.25) is 0 Å². The van der Waals surface area contributed by atoms with Gasteiger partial charge in [0.15, 0.2) is 0 Å². The Morgan fingerprint density at radius 1 is 1.00 bits per heavy atom. The Morgan fingerprint density at radius 3 is 2.35 bits per heavy atom. The zero-order chi connectivity index (χ0) is 12.1. The summed E-state index contributed by atoms with van der Waals surface area (Å²) in [6, 6.07) is 17.6. The van der Waals surface area contributed by atoms with Crippen LogP contribution in [0.4, 0.5) is 0 Å². The summed E-state index contributed by atoms with van der Waals surface area (Å²) >= 11 is 0. The van der Waals surface area contributed by atoms with Crippen LogP contribution in [0.5, 0.6) is 5.75 Å². The average molecular weight is 224 g/mol. The molecule has 0 saturated carbocycles. The lowest BCUT2D eigenvalue weighted by molar-refractivity contribution is 0.475. The highest BCUT2D eigenvalue weighted by molar-refractivity contribution is 5.80. The fourth-order valence-corrected chi connectivity index (χ4v) is 1.90. The molecule has 0 unspecified atom stereocenters. The first kappa shape index (κ1) is 11.5. The molecule has 1 N–H and O–H groups in total. The van der Waals surface area contributed by atoms with Crippen LogP contribution in [-0.2, 0) is 0 Å². The lowest BCUT2D eigenvalue weighted by Gasteiger charge is -2.08. The summed E-state index contributed by atoms with van der Waals surface area (Å²) in [6.45, 7) is 2.12. The van der Waals surface area contributed by atoms with Gasteiger partial charge in [-0.3, -0.25) is 0 Å². The van der Waals surface area contributed by atoms with Crippen molar-refractivity contribution in [2.45, 2.75) is 13.3 Å². The molecule has 1 heteroatoms. The van der Waals surface area contributed by atoms with E-state index in [0.29, 0.717) is 5.75 Å². The SMILES string of the molecule is CC/C=C(\c1ccccc1)c1cccc(O)c1.